The number of methoxy groups -OCH3 is 1. The lowest BCUT2D eigenvalue weighted by Gasteiger charge is -2.26. The van der Waals surface area contributed by atoms with Crippen molar-refractivity contribution in [1.29, 1.82) is 0 Å². The monoisotopic (exact) mass is 455 g/mol. The number of nitro benzene ring substituents is 1. The zero-order valence-corrected chi connectivity index (χ0v) is 17.8. The Labute approximate surface area is 174 Å². The summed E-state index contributed by atoms with van der Waals surface area (Å²) in [5.41, 5.74) is -0.403. The number of hydrogen-bond donors (Lipinski definition) is 1. The largest absolute Gasteiger partial charge is 0.495 e. The van der Waals surface area contributed by atoms with Gasteiger partial charge in [-0.3, -0.25) is 14.8 Å². The first-order valence-electron chi connectivity index (χ1n) is 9.10. The van der Waals surface area contributed by atoms with Crippen molar-refractivity contribution in [2.75, 3.05) is 24.9 Å². The quantitative estimate of drug-likeness (QED) is 0.500. The average molecular weight is 456 g/mol. The van der Waals surface area contributed by atoms with Crippen molar-refractivity contribution >= 4 is 31.4 Å². The fraction of sp³-hybridized carbons (Fsp3) is 0.333. The highest BCUT2D eigenvalue weighted by atomic mass is 32.2. The van der Waals surface area contributed by atoms with Crippen molar-refractivity contribution in [3.8, 4) is 5.75 Å². The summed E-state index contributed by atoms with van der Waals surface area (Å²) in [6, 6.07) is 8.65. The molecule has 0 unspecified atom stereocenters. The maximum atomic E-state index is 12.8. The highest BCUT2D eigenvalue weighted by Crippen LogP contribution is 2.30. The summed E-state index contributed by atoms with van der Waals surface area (Å²) in [5.74, 6) is -0.0785. The van der Waals surface area contributed by atoms with Gasteiger partial charge in [-0.1, -0.05) is 12.5 Å². The lowest BCUT2D eigenvalue weighted by molar-refractivity contribution is -0.385. The summed E-state index contributed by atoms with van der Waals surface area (Å²) in [4.78, 5) is 9.84. The molecule has 12 heteroatoms. The highest BCUT2D eigenvalue weighted by molar-refractivity contribution is 7.92. The Hall–Kier alpha value is -2.70. The van der Waals surface area contributed by atoms with Gasteiger partial charge in [-0.05, 0) is 37.1 Å². The van der Waals surface area contributed by atoms with Crippen LogP contribution in [0.3, 0.4) is 0 Å². The number of nitrogens with one attached hydrogen (secondary N) is 1. The topological polar surface area (TPSA) is 136 Å². The van der Waals surface area contributed by atoms with E-state index in [0.717, 1.165) is 31.4 Å². The molecule has 0 spiro atoms. The van der Waals surface area contributed by atoms with Crippen LogP contribution in [0.25, 0.3) is 0 Å². The molecular weight excluding hydrogens is 434 g/mol. The first-order valence-corrected chi connectivity index (χ1v) is 12.0. The molecule has 0 bridgehead atoms. The van der Waals surface area contributed by atoms with E-state index in [1.54, 1.807) is 0 Å². The van der Waals surface area contributed by atoms with Crippen molar-refractivity contribution in [3.05, 3.63) is 52.6 Å². The number of benzene rings is 2. The first kappa shape index (κ1) is 22.0. The number of piperidine rings is 1. The molecule has 0 atom stereocenters. The Kier molecular flexibility index (Phi) is 6.29. The van der Waals surface area contributed by atoms with E-state index in [2.05, 4.69) is 4.72 Å². The van der Waals surface area contributed by atoms with Gasteiger partial charge in [0, 0.05) is 25.2 Å². The van der Waals surface area contributed by atoms with Gasteiger partial charge in [0.25, 0.3) is 15.7 Å². The number of ether oxygens (including phenoxy) is 1. The van der Waals surface area contributed by atoms with Crippen LogP contribution in [0.5, 0.6) is 5.75 Å². The molecule has 3 rings (SSSR count). The number of nitro groups is 1. The minimum Gasteiger partial charge on any atom is -0.495 e. The summed E-state index contributed by atoms with van der Waals surface area (Å²) in [6.07, 6.45) is 2.52. The molecule has 0 saturated carbocycles. The molecule has 1 N–H and O–H groups in total. The SMILES string of the molecule is COc1ccc([N+](=O)[O-])cc1S(=O)(=O)Nc1cccc(S(=O)(=O)N2CCCCC2)c1. The van der Waals surface area contributed by atoms with Gasteiger partial charge in [-0.25, -0.2) is 16.8 Å². The molecular formula is C18H21N3O7S2. The van der Waals surface area contributed by atoms with Crippen LogP contribution >= 0.6 is 0 Å². The Bertz CT molecular complexity index is 1160. The minimum absolute atomic E-state index is 0.0154. The van der Waals surface area contributed by atoms with Gasteiger partial charge in [-0.2, -0.15) is 4.31 Å². The van der Waals surface area contributed by atoms with Gasteiger partial charge in [-0.15, -0.1) is 0 Å². The van der Waals surface area contributed by atoms with Gasteiger partial charge in [0.1, 0.15) is 10.6 Å². The normalized spacial score (nSPS) is 15.5. The van der Waals surface area contributed by atoms with Crippen LogP contribution in [0.4, 0.5) is 11.4 Å². The molecule has 1 aliphatic rings. The van der Waals surface area contributed by atoms with E-state index in [0.29, 0.717) is 13.1 Å². The fourth-order valence-corrected chi connectivity index (χ4v) is 5.98. The van der Waals surface area contributed by atoms with Crippen molar-refractivity contribution in [1.82, 2.24) is 4.31 Å². The van der Waals surface area contributed by atoms with Crippen molar-refractivity contribution < 1.29 is 26.5 Å². The van der Waals surface area contributed by atoms with Crippen LogP contribution in [-0.2, 0) is 20.0 Å². The summed E-state index contributed by atoms with van der Waals surface area (Å²) >= 11 is 0. The molecule has 10 nitrogen and oxygen atoms in total. The Balaban J connectivity index is 1.94. The van der Waals surface area contributed by atoms with E-state index in [-0.39, 0.29) is 16.3 Å². The van der Waals surface area contributed by atoms with Crippen molar-refractivity contribution in [2.45, 2.75) is 29.1 Å². The lowest BCUT2D eigenvalue weighted by Crippen LogP contribution is -2.35. The van der Waals surface area contributed by atoms with Crippen LogP contribution < -0.4 is 9.46 Å². The van der Waals surface area contributed by atoms with Gasteiger partial charge in [0.05, 0.1) is 22.6 Å². The third kappa shape index (κ3) is 4.55. The van der Waals surface area contributed by atoms with E-state index in [9.17, 15) is 26.9 Å². The second-order valence-corrected chi connectivity index (χ2v) is 10.3. The first-order chi connectivity index (χ1) is 14.1. The maximum Gasteiger partial charge on any atom is 0.271 e. The lowest BCUT2D eigenvalue weighted by atomic mass is 10.2. The molecule has 0 aliphatic carbocycles. The molecule has 1 fully saturated rings. The van der Waals surface area contributed by atoms with E-state index >= 15 is 0 Å². The molecule has 1 saturated heterocycles. The third-order valence-corrected chi connectivity index (χ3v) is 7.98. The smallest absolute Gasteiger partial charge is 0.271 e. The number of anilines is 1. The van der Waals surface area contributed by atoms with E-state index in [1.807, 2.05) is 0 Å². The predicted octanol–water partition coefficient (Wildman–Crippen LogP) is 2.58. The summed E-state index contributed by atoms with van der Waals surface area (Å²) in [6.45, 7) is 0.840. The van der Waals surface area contributed by atoms with Crippen LogP contribution in [0, 0.1) is 10.1 Å². The fourth-order valence-electron chi connectivity index (χ4n) is 3.17. The van der Waals surface area contributed by atoms with Crippen LogP contribution in [0.2, 0.25) is 0 Å². The zero-order valence-electron chi connectivity index (χ0n) is 16.1. The Morgan fingerprint density at radius 1 is 1.03 bits per heavy atom. The number of hydrogen-bond acceptors (Lipinski definition) is 7. The van der Waals surface area contributed by atoms with E-state index in [1.165, 1.54) is 41.7 Å². The van der Waals surface area contributed by atoms with Crippen LogP contribution in [-0.4, -0.2) is 46.3 Å². The molecule has 162 valence electrons. The van der Waals surface area contributed by atoms with E-state index < -0.39 is 35.6 Å². The molecule has 2 aromatic carbocycles. The highest BCUT2D eigenvalue weighted by Gasteiger charge is 2.27. The minimum atomic E-state index is -4.29. The van der Waals surface area contributed by atoms with E-state index in [4.69, 9.17) is 4.74 Å². The second kappa shape index (κ2) is 8.58. The summed E-state index contributed by atoms with van der Waals surface area (Å²) in [5, 5.41) is 11.0. The maximum absolute atomic E-state index is 12.8. The number of rotatable bonds is 7. The molecule has 1 aliphatic heterocycles. The van der Waals surface area contributed by atoms with Gasteiger partial charge in [0.15, 0.2) is 0 Å². The number of nitrogens with zero attached hydrogens (tertiary/aromatic N) is 2. The molecule has 0 aromatic heterocycles. The van der Waals surface area contributed by atoms with Crippen LogP contribution in [0.15, 0.2) is 52.3 Å². The predicted molar refractivity (Wildman–Crippen MR) is 110 cm³/mol. The molecule has 30 heavy (non-hydrogen) atoms. The average Bonchev–Trinajstić information content (AvgIpc) is 2.73. The van der Waals surface area contributed by atoms with Crippen molar-refractivity contribution in [2.24, 2.45) is 0 Å². The van der Waals surface area contributed by atoms with Gasteiger partial charge < -0.3 is 4.74 Å². The van der Waals surface area contributed by atoms with Crippen molar-refractivity contribution in [3.63, 3.8) is 0 Å². The number of sulfonamides is 2. The zero-order chi connectivity index (χ0) is 21.9. The second-order valence-electron chi connectivity index (χ2n) is 6.69. The third-order valence-electron chi connectivity index (χ3n) is 4.69. The summed E-state index contributed by atoms with van der Waals surface area (Å²) in [7, 11) is -6.80. The van der Waals surface area contributed by atoms with Crippen LogP contribution in [0.1, 0.15) is 19.3 Å². The van der Waals surface area contributed by atoms with Gasteiger partial charge in [0.2, 0.25) is 10.0 Å². The number of non-ortho nitro benzene ring substituents is 1. The summed E-state index contributed by atoms with van der Waals surface area (Å²) < 4.78 is 60.1. The standard InChI is InChI=1S/C18H21N3O7S2/c1-28-17-9-8-15(21(22)23)13-18(17)29(24,25)19-14-6-5-7-16(12-14)30(26,27)20-10-3-2-4-11-20/h5-9,12-13,19H,2-4,10-11H2,1H3. The molecule has 1 heterocycles. The molecule has 2 aromatic rings. The molecule has 0 radical (unpaired) electrons. The van der Waals surface area contributed by atoms with Gasteiger partial charge >= 0.3 is 0 Å². The Morgan fingerprint density at radius 3 is 2.37 bits per heavy atom. The molecule has 0 amide bonds. The Morgan fingerprint density at radius 2 is 1.73 bits per heavy atom.